The summed E-state index contributed by atoms with van der Waals surface area (Å²) in [7, 11) is -3.84. The van der Waals surface area contributed by atoms with Crippen molar-refractivity contribution in [2.24, 2.45) is 5.14 Å². The van der Waals surface area contributed by atoms with Gasteiger partial charge in [0, 0.05) is 6.42 Å². The van der Waals surface area contributed by atoms with Gasteiger partial charge in [0.2, 0.25) is 15.9 Å². The summed E-state index contributed by atoms with van der Waals surface area (Å²) in [6.45, 7) is 1.08. The Labute approximate surface area is 144 Å². The van der Waals surface area contributed by atoms with E-state index in [1.807, 2.05) is 0 Å². The Morgan fingerprint density at radius 2 is 1.84 bits per heavy atom. The number of hydrogen-bond donors (Lipinski definition) is 4. The fourth-order valence-corrected chi connectivity index (χ4v) is 2.38. The van der Waals surface area contributed by atoms with Crippen LogP contribution in [0.1, 0.15) is 12.5 Å². The zero-order valence-electron chi connectivity index (χ0n) is 13.4. The Morgan fingerprint density at radius 1 is 1.24 bits per heavy atom. The fraction of sp³-hybridized carbons (Fsp3) is 0.357. The summed E-state index contributed by atoms with van der Waals surface area (Å²) in [5.74, 6) is -1.95. The molecule has 0 saturated carbocycles. The van der Waals surface area contributed by atoms with Crippen LogP contribution in [0.25, 0.3) is 0 Å². The van der Waals surface area contributed by atoms with Gasteiger partial charge in [-0.25, -0.2) is 18.4 Å². The summed E-state index contributed by atoms with van der Waals surface area (Å²) in [6.07, 6.45) is -0.839. The van der Waals surface area contributed by atoms with Gasteiger partial charge in [0.05, 0.1) is 11.5 Å². The number of rotatable bonds is 8. The molecule has 11 heteroatoms. The predicted molar refractivity (Wildman–Crippen MR) is 86.1 cm³/mol. The third-order valence-corrected chi connectivity index (χ3v) is 3.92. The van der Waals surface area contributed by atoms with Gasteiger partial charge in [0.25, 0.3) is 0 Å². The minimum atomic E-state index is -3.84. The molecule has 0 aromatic heterocycles. The van der Waals surface area contributed by atoms with Crippen molar-refractivity contribution in [2.45, 2.75) is 24.3 Å². The van der Waals surface area contributed by atoms with E-state index in [0.717, 1.165) is 0 Å². The van der Waals surface area contributed by atoms with Crippen LogP contribution < -0.4 is 15.8 Å². The lowest BCUT2D eigenvalue weighted by Crippen LogP contribution is -2.49. The lowest BCUT2D eigenvalue weighted by molar-refractivity contribution is -0.138. The molecule has 25 heavy (non-hydrogen) atoms. The summed E-state index contributed by atoms with van der Waals surface area (Å²) < 4.78 is 27.2. The van der Waals surface area contributed by atoms with E-state index < -0.39 is 40.6 Å². The molecule has 1 aromatic rings. The molecule has 0 unspecified atom stereocenters. The van der Waals surface area contributed by atoms with Crippen LogP contribution in [0.15, 0.2) is 29.2 Å². The highest BCUT2D eigenvalue weighted by Gasteiger charge is 2.22. The average molecular weight is 373 g/mol. The van der Waals surface area contributed by atoms with Gasteiger partial charge in [0.15, 0.2) is 0 Å². The number of carbonyl (C=O) groups is 3. The van der Waals surface area contributed by atoms with Gasteiger partial charge >= 0.3 is 12.1 Å². The van der Waals surface area contributed by atoms with Gasteiger partial charge in [-0.2, -0.15) is 0 Å². The summed E-state index contributed by atoms with van der Waals surface area (Å²) in [6, 6.07) is 4.30. The molecule has 0 radical (unpaired) electrons. The van der Waals surface area contributed by atoms with Crippen molar-refractivity contribution in [2.75, 3.05) is 13.2 Å². The Kier molecular flexibility index (Phi) is 7.33. The van der Waals surface area contributed by atoms with Crippen LogP contribution >= 0.6 is 0 Å². The molecule has 0 bridgehead atoms. The second kappa shape index (κ2) is 8.99. The van der Waals surface area contributed by atoms with Crippen LogP contribution in [0.3, 0.4) is 0 Å². The van der Waals surface area contributed by atoms with Crippen molar-refractivity contribution in [3.63, 3.8) is 0 Å². The molecule has 1 aromatic carbocycles. The highest BCUT2D eigenvalue weighted by Crippen LogP contribution is 2.11. The molecule has 0 aliphatic rings. The third-order valence-electron chi connectivity index (χ3n) is 2.99. The number of carboxylic acids is 1. The van der Waals surface area contributed by atoms with Gasteiger partial charge in [-0.15, -0.1) is 0 Å². The minimum absolute atomic E-state index is 0.00480. The standard InChI is InChI=1S/C14H19N3O7S/c1-2-24-14(21)17-11(13(20)16-8-12(18)19)7-9-3-5-10(6-4-9)25(15,22)23/h3-6,11H,2,7-8H2,1H3,(H,16,20)(H,17,21)(H,18,19)(H2,15,22,23)/t11-/m0/s1. The lowest BCUT2D eigenvalue weighted by Gasteiger charge is -2.18. The summed E-state index contributed by atoms with van der Waals surface area (Å²) >= 11 is 0. The number of aliphatic carboxylic acids is 1. The van der Waals surface area contributed by atoms with Gasteiger partial charge in [-0.3, -0.25) is 9.59 Å². The number of alkyl carbamates (subject to hydrolysis) is 1. The van der Waals surface area contributed by atoms with Crippen molar-refractivity contribution in [3.8, 4) is 0 Å². The number of nitrogens with one attached hydrogen (secondary N) is 2. The third kappa shape index (κ3) is 7.18. The molecule has 1 rings (SSSR count). The first-order valence-electron chi connectivity index (χ1n) is 7.18. The maximum Gasteiger partial charge on any atom is 0.407 e. The first-order valence-corrected chi connectivity index (χ1v) is 8.72. The number of ether oxygens (including phenoxy) is 1. The lowest BCUT2D eigenvalue weighted by atomic mass is 10.1. The SMILES string of the molecule is CCOC(=O)N[C@@H](Cc1ccc(S(N)(=O)=O)cc1)C(=O)NCC(=O)O. The van der Waals surface area contributed by atoms with Gasteiger partial charge in [-0.05, 0) is 24.6 Å². The quantitative estimate of drug-likeness (QED) is 0.462. The molecule has 0 fully saturated rings. The first kappa shape index (κ1) is 20.4. The Hall–Kier alpha value is -2.66. The number of hydrogen-bond acceptors (Lipinski definition) is 6. The van der Waals surface area contributed by atoms with Crippen molar-refractivity contribution < 1.29 is 32.6 Å². The molecule has 0 aliphatic carbocycles. The normalized spacial score (nSPS) is 12.1. The monoisotopic (exact) mass is 373 g/mol. The van der Waals surface area contributed by atoms with Crippen molar-refractivity contribution in [1.82, 2.24) is 10.6 Å². The number of carbonyl (C=O) groups excluding carboxylic acids is 2. The molecule has 0 saturated heterocycles. The predicted octanol–water partition coefficient (Wildman–Crippen LogP) is -0.808. The van der Waals surface area contributed by atoms with Crippen LogP contribution in [-0.2, 0) is 30.8 Å². The van der Waals surface area contributed by atoms with E-state index in [2.05, 4.69) is 10.6 Å². The van der Waals surface area contributed by atoms with E-state index >= 15 is 0 Å². The summed E-state index contributed by atoms with van der Waals surface area (Å²) in [5, 5.41) is 18.1. The minimum Gasteiger partial charge on any atom is -0.480 e. The zero-order valence-corrected chi connectivity index (χ0v) is 14.2. The van der Waals surface area contributed by atoms with Gasteiger partial charge < -0.3 is 20.5 Å². The van der Waals surface area contributed by atoms with Crippen LogP contribution in [0.2, 0.25) is 0 Å². The number of sulfonamides is 1. The number of primary sulfonamides is 1. The molecule has 0 heterocycles. The summed E-state index contributed by atoms with van der Waals surface area (Å²) in [5.41, 5.74) is 0.527. The number of carboxylic acid groups (broad SMARTS) is 1. The summed E-state index contributed by atoms with van der Waals surface area (Å²) in [4.78, 5) is 34.1. The average Bonchev–Trinajstić information content (AvgIpc) is 2.51. The Bertz CT molecular complexity index is 731. The molecule has 5 N–H and O–H groups in total. The zero-order chi connectivity index (χ0) is 19.0. The highest BCUT2D eigenvalue weighted by molar-refractivity contribution is 7.89. The van der Waals surface area contributed by atoms with Gasteiger partial charge in [0.1, 0.15) is 12.6 Å². The van der Waals surface area contributed by atoms with Crippen molar-refractivity contribution in [3.05, 3.63) is 29.8 Å². The second-order valence-electron chi connectivity index (χ2n) is 4.92. The van der Waals surface area contributed by atoms with E-state index in [9.17, 15) is 22.8 Å². The molecule has 0 spiro atoms. The largest absolute Gasteiger partial charge is 0.480 e. The molecule has 10 nitrogen and oxygen atoms in total. The molecule has 0 aliphatic heterocycles. The number of nitrogens with two attached hydrogens (primary N) is 1. The molecular formula is C14H19N3O7S. The van der Waals surface area contributed by atoms with Gasteiger partial charge in [-0.1, -0.05) is 12.1 Å². The van der Waals surface area contributed by atoms with Crippen LogP contribution in [-0.4, -0.2) is 50.7 Å². The van der Waals surface area contributed by atoms with Crippen LogP contribution in [0.4, 0.5) is 4.79 Å². The molecular weight excluding hydrogens is 354 g/mol. The Balaban J connectivity index is 2.89. The Morgan fingerprint density at radius 3 is 2.32 bits per heavy atom. The number of amides is 2. The van der Waals surface area contributed by atoms with Crippen LogP contribution in [0, 0.1) is 0 Å². The molecule has 138 valence electrons. The smallest absolute Gasteiger partial charge is 0.407 e. The van der Waals surface area contributed by atoms with E-state index in [-0.39, 0.29) is 17.9 Å². The highest BCUT2D eigenvalue weighted by atomic mass is 32.2. The molecule has 1 atom stereocenters. The van der Waals surface area contributed by atoms with E-state index in [4.69, 9.17) is 15.0 Å². The van der Waals surface area contributed by atoms with Crippen molar-refractivity contribution in [1.29, 1.82) is 0 Å². The van der Waals surface area contributed by atoms with E-state index in [0.29, 0.717) is 5.56 Å². The fourth-order valence-electron chi connectivity index (χ4n) is 1.86. The topological polar surface area (TPSA) is 165 Å². The van der Waals surface area contributed by atoms with Crippen molar-refractivity contribution >= 4 is 28.0 Å². The first-order chi connectivity index (χ1) is 11.6. The molecule has 2 amide bonds. The second-order valence-corrected chi connectivity index (χ2v) is 6.48. The van der Waals surface area contributed by atoms with E-state index in [1.54, 1.807) is 6.92 Å². The van der Waals surface area contributed by atoms with E-state index in [1.165, 1.54) is 24.3 Å². The maximum absolute atomic E-state index is 12.1. The van der Waals surface area contributed by atoms with Crippen LogP contribution in [0.5, 0.6) is 0 Å². The maximum atomic E-state index is 12.1. The number of benzene rings is 1.